The molecule has 0 bridgehead atoms. The number of hydrogen-bond donors (Lipinski definition) is 2. The Morgan fingerprint density at radius 1 is 1.57 bits per heavy atom. The maximum atomic E-state index is 10.6. The Kier molecular flexibility index (Phi) is 3.06. The van der Waals surface area contributed by atoms with E-state index in [2.05, 4.69) is 5.10 Å². The van der Waals surface area contributed by atoms with E-state index in [1.165, 1.54) is 19.3 Å². The van der Waals surface area contributed by atoms with Crippen LogP contribution < -0.4 is 5.73 Å². The van der Waals surface area contributed by atoms with Gasteiger partial charge in [0.05, 0.1) is 6.21 Å². The number of nitrogens with two attached hydrogens (primary N) is 1. The van der Waals surface area contributed by atoms with Gasteiger partial charge in [-0.15, -0.1) is 0 Å². The van der Waals surface area contributed by atoms with Crippen LogP contribution in [0.2, 0.25) is 0 Å². The molecule has 3 N–H and O–H groups in total. The summed E-state index contributed by atoms with van der Waals surface area (Å²) >= 11 is 0. The summed E-state index contributed by atoms with van der Waals surface area (Å²) in [6, 6.07) is 6.01. The third kappa shape index (κ3) is 2.48. The number of hydrazone groups is 1. The Bertz CT molecular complexity index is 363. The first-order chi connectivity index (χ1) is 6.61. The molecule has 0 heterocycles. The molecular weight excluding hydrogens is 182 g/mol. The number of urea groups is 1. The van der Waals surface area contributed by atoms with Crippen molar-refractivity contribution in [2.45, 2.75) is 0 Å². The molecule has 74 valence electrons. The molecule has 0 saturated heterocycles. The summed E-state index contributed by atoms with van der Waals surface area (Å²) in [6.07, 6.45) is 1.36. The van der Waals surface area contributed by atoms with Crippen LogP contribution in [0.5, 0.6) is 5.75 Å². The second-order valence-corrected chi connectivity index (χ2v) is 2.67. The second-order valence-electron chi connectivity index (χ2n) is 2.67. The van der Waals surface area contributed by atoms with Crippen molar-refractivity contribution < 1.29 is 9.90 Å². The van der Waals surface area contributed by atoms with Gasteiger partial charge in [-0.2, -0.15) is 5.10 Å². The van der Waals surface area contributed by atoms with E-state index < -0.39 is 6.03 Å². The lowest BCUT2D eigenvalue weighted by atomic mass is 10.2. The van der Waals surface area contributed by atoms with Gasteiger partial charge in [-0.05, 0) is 12.1 Å². The van der Waals surface area contributed by atoms with Crippen molar-refractivity contribution in [3.8, 4) is 5.75 Å². The molecule has 14 heavy (non-hydrogen) atoms. The highest BCUT2D eigenvalue weighted by Gasteiger charge is 1.99. The highest BCUT2D eigenvalue weighted by Crippen LogP contribution is 2.12. The molecule has 0 fully saturated rings. The molecule has 5 nitrogen and oxygen atoms in total. The molecule has 0 saturated carbocycles. The number of carbonyl (C=O) groups excluding carboxylic acids is 1. The molecule has 0 aliphatic heterocycles. The third-order valence-electron chi connectivity index (χ3n) is 1.63. The number of para-hydroxylation sites is 1. The number of phenolic OH excluding ortho intramolecular Hbond substituents is 1. The number of benzene rings is 1. The summed E-state index contributed by atoms with van der Waals surface area (Å²) in [7, 11) is 1.43. The van der Waals surface area contributed by atoms with Crippen molar-refractivity contribution in [1.29, 1.82) is 0 Å². The SMILES string of the molecule is CN(/N=C/c1ccccc1O)C(N)=O. The van der Waals surface area contributed by atoms with Crippen LogP contribution in [0.3, 0.4) is 0 Å². The number of nitrogens with zero attached hydrogens (tertiary/aromatic N) is 2. The normalized spacial score (nSPS) is 10.4. The standard InChI is InChI=1S/C9H11N3O2/c1-12(9(10)14)11-6-7-4-2-3-5-8(7)13/h2-6,13H,1H3,(H2,10,14)/b11-6+. The first-order valence-electron chi connectivity index (χ1n) is 3.96. The van der Waals surface area contributed by atoms with Gasteiger partial charge in [0.1, 0.15) is 5.75 Å². The largest absolute Gasteiger partial charge is 0.507 e. The van der Waals surface area contributed by atoms with Gasteiger partial charge < -0.3 is 10.8 Å². The quantitative estimate of drug-likeness (QED) is 0.536. The number of primary amides is 1. The minimum Gasteiger partial charge on any atom is -0.507 e. The molecule has 0 atom stereocenters. The number of carbonyl (C=O) groups is 1. The van der Waals surface area contributed by atoms with Gasteiger partial charge in [-0.3, -0.25) is 0 Å². The molecule has 0 aliphatic carbocycles. The topological polar surface area (TPSA) is 78.9 Å². The molecule has 0 unspecified atom stereocenters. The summed E-state index contributed by atoms with van der Waals surface area (Å²) in [6.45, 7) is 0. The molecule has 0 aromatic heterocycles. The highest BCUT2D eigenvalue weighted by atomic mass is 16.3. The zero-order valence-electron chi connectivity index (χ0n) is 7.71. The molecule has 0 aliphatic rings. The van der Waals surface area contributed by atoms with Crippen molar-refractivity contribution in [3.05, 3.63) is 29.8 Å². The van der Waals surface area contributed by atoms with Crippen LogP contribution in [0.25, 0.3) is 0 Å². The Morgan fingerprint density at radius 2 is 2.21 bits per heavy atom. The fourth-order valence-electron chi connectivity index (χ4n) is 0.802. The van der Waals surface area contributed by atoms with E-state index in [1.54, 1.807) is 18.2 Å². The number of aromatic hydroxyl groups is 1. The van der Waals surface area contributed by atoms with E-state index in [1.807, 2.05) is 0 Å². The highest BCUT2D eigenvalue weighted by molar-refractivity contribution is 5.84. The lowest BCUT2D eigenvalue weighted by molar-refractivity contribution is 0.220. The van der Waals surface area contributed by atoms with Gasteiger partial charge in [0, 0.05) is 12.6 Å². The van der Waals surface area contributed by atoms with Gasteiger partial charge in [-0.25, -0.2) is 9.80 Å². The van der Waals surface area contributed by atoms with Crippen LogP contribution in [0.4, 0.5) is 4.79 Å². The first-order valence-corrected chi connectivity index (χ1v) is 3.96. The average molecular weight is 193 g/mol. The van der Waals surface area contributed by atoms with Gasteiger partial charge in [0.25, 0.3) is 0 Å². The molecular formula is C9H11N3O2. The minimum absolute atomic E-state index is 0.106. The fraction of sp³-hybridized carbons (Fsp3) is 0.111. The van der Waals surface area contributed by atoms with Crippen molar-refractivity contribution >= 4 is 12.2 Å². The molecule has 0 radical (unpaired) electrons. The van der Waals surface area contributed by atoms with Crippen LogP contribution in [0, 0.1) is 0 Å². The summed E-state index contributed by atoms with van der Waals surface area (Å²) < 4.78 is 0. The van der Waals surface area contributed by atoms with E-state index in [0.717, 1.165) is 5.01 Å². The van der Waals surface area contributed by atoms with Gasteiger partial charge in [0.15, 0.2) is 0 Å². The van der Waals surface area contributed by atoms with E-state index in [9.17, 15) is 9.90 Å². The first kappa shape index (κ1) is 10.0. The summed E-state index contributed by atoms with van der Waals surface area (Å²) in [5.74, 6) is 0.106. The van der Waals surface area contributed by atoms with Crippen LogP contribution in [-0.4, -0.2) is 29.4 Å². The number of amides is 2. The average Bonchev–Trinajstić information content (AvgIpc) is 2.16. The molecule has 5 heteroatoms. The molecule has 1 rings (SSSR count). The van der Waals surface area contributed by atoms with Crippen molar-refractivity contribution in [3.63, 3.8) is 0 Å². The summed E-state index contributed by atoms with van der Waals surface area (Å²) in [5.41, 5.74) is 5.48. The number of phenols is 1. The Balaban J connectivity index is 2.78. The van der Waals surface area contributed by atoms with Gasteiger partial charge >= 0.3 is 6.03 Å². The van der Waals surface area contributed by atoms with Crippen LogP contribution in [0.1, 0.15) is 5.56 Å². The lowest BCUT2D eigenvalue weighted by Crippen LogP contribution is -2.27. The zero-order chi connectivity index (χ0) is 10.6. The van der Waals surface area contributed by atoms with Gasteiger partial charge in [-0.1, -0.05) is 12.1 Å². The summed E-state index contributed by atoms with van der Waals surface area (Å²) in [4.78, 5) is 10.6. The lowest BCUT2D eigenvalue weighted by Gasteiger charge is -2.05. The van der Waals surface area contributed by atoms with E-state index in [0.29, 0.717) is 5.56 Å². The van der Waals surface area contributed by atoms with Crippen molar-refractivity contribution in [2.24, 2.45) is 10.8 Å². The van der Waals surface area contributed by atoms with Gasteiger partial charge in [0.2, 0.25) is 0 Å². The number of hydrogen-bond acceptors (Lipinski definition) is 3. The Labute approximate surface area is 81.4 Å². The smallest absolute Gasteiger partial charge is 0.334 e. The molecule has 0 spiro atoms. The van der Waals surface area contributed by atoms with E-state index in [4.69, 9.17) is 5.73 Å². The summed E-state index contributed by atoms with van der Waals surface area (Å²) in [5, 5.41) is 14.0. The van der Waals surface area contributed by atoms with E-state index >= 15 is 0 Å². The zero-order valence-corrected chi connectivity index (χ0v) is 7.71. The predicted octanol–water partition coefficient (Wildman–Crippen LogP) is 0.737. The molecule has 1 aromatic rings. The molecule has 1 aromatic carbocycles. The van der Waals surface area contributed by atoms with E-state index in [-0.39, 0.29) is 5.75 Å². The second kappa shape index (κ2) is 4.27. The number of rotatable bonds is 2. The minimum atomic E-state index is -0.656. The van der Waals surface area contributed by atoms with Crippen LogP contribution in [0.15, 0.2) is 29.4 Å². The molecule has 2 amide bonds. The predicted molar refractivity (Wildman–Crippen MR) is 53.0 cm³/mol. The third-order valence-corrected chi connectivity index (χ3v) is 1.63. The fourth-order valence-corrected chi connectivity index (χ4v) is 0.802. The maximum Gasteiger partial charge on any atom is 0.334 e. The monoisotopic (exact) mass is 193 g/mol. The van der Waals surface area contributed by atoms with Crippen molar-refractivity contribution in [2.75, 3.05) is 7.05 Å². The van der Waals surface area contributed by atoms with Crippen LogP contribution >= 0.6 is 0 Å². The maximum absolute atomic E-state index is 10.6. The van der Waals surface area contributed by atoms with Crippen LogP contribution in [-0.2, 0) is 0 Å². The Hall–Kier alpha value is -2.04. The van der Waals surface area contributed by atoms with Crippen molar-refractivity contribution in [1.82, 2.24) is 5.01 Å². The Morgan fingerprint density at radius 3 is 2.79 bits per heavy atom.